The summed E-state index contributed by atoms with van der Waals surface area (Å²) in [5.41, 5.74) is 2.06. The van der Waals surface area contributed by atoms with Crippen LogP contribution in [-0.2, 0) is 16.2 Å². The van der Waals surface area contributed by atoms with Crippen molar-refractivity contribution < 1.29 is 14.3 Å². The molecule has 1 fully saturated rings. The lowest BCUT2D eigenvalue weighted by molar-refractivity contribution is -0.122. The number of thiazole rings is 1. The van der Waals surface area contributed by atoms with Crippen molar-refractivity contribution in [2.24, 2.45) is 5.92 Å². The highest BCUT2D eigenvalue weighted by Gasteiger charge is 2.56. The summed E-state index contributed by atoms with van der Waals surface area (Å²) in [4.78, 5) is 44.6. The van der Waals surface area contributed by atoms with Crippen LogP contribution in [0.3, 0.4) is 0 Å². The number of thioether (sulfide) groups is 1. The van der Waals surface area contributed by atoms with E-state index >= 15 is 0 Å². The first-order valence-corrected chi connectivity index (χ1v) is 14.7. The molecule has 3 heterocycles. The summed E-state index contributed by atoms with van der Waals surface area (Å²) in [5.74, 6) is -1.40. The summed E-state index contributed by atoms with van der Waals surface area (Å²) < 4.78 is 7.03. The Morgan fingerprint density at radius 3 is 2.50 bits per heavy atom. The summed E-state index contributed by atoms with van der Waals surface area (Å²) >= 11 is 18.0. The summed E-state index contributed by atoms with van der Waals surface area (Å²) in [6, 6.07) is 19.6. The van der Waals surface area contributed by atoms with Crippen molar-refractivity contribution in [2.75, 3.05) is 4.90 Å². The van der Waals surface area contributed by atoms with E-state index in [4.69, 9.17) is 27.9 Å². The van der Waals surface area contributed by atoms with Crippen LogP contribution in [0.4, 0.5) is 5.69 Å². The van der Waals surface area contributed by atoms with Gasteiger partial charge in [-0.25, -0.2) is 4.90 Å². The van der Waals surface area contributed by atoms with Crippen molar-refractivity contribution in [3.8, 4) is 5.75 Å². The van der Waals surface area contributed by atoms with Gasteiger partial charge in [-0.2, -0.15) is 0 Å². The minimum absolute atomic E-state index is 0.238. The number of benzene rings is 3. The third kappa shape index (κ3) is 4.60. The van der Waals surface area contributed by atoms with Gasteiger partial charge in [-0.1, -0.05) is 74.4 Å². The fourth-order valence-electron chi connectivity index (χ4n) is 4.88. The zero-order valence-electron chi connectivity index (χ0n) is 19.3. The SMILES string of the molecule is O=C1C2Sc3[nH]c(=O)sc3[C@H](c3cc(Br)ccc3OCc3cccc(Cl)c3)C2C(=O)N1c1ccc(Cl)cc1. The molecule has 0 bridgehead atoms. The zero-order valence-corrected chi connectivity index (χ0v) is 24.1. The molecule has 1 N–H and O–H groups in total. The lowest BCUT2D eigenvalue weighted by Crippen LogP contribution is -2.32. The Morgan fingerprint density at radius 1 is 0.947 bits per heavy atom. The Morgan fingerprint density at radius 2 is 1.74 bits per heavy atom. The van der Waals surface area contributed by atoms with E-state index in [-0.39, 0.29) is 23.3 Å². The van der Waals surface area contributed by atoms with E-state index in [1.54, 1.807) is 30.3 Å². The highest BCUT2D eigenvalue weighted by atomic mass is 79.9. The van der Waals surface area contributed by atoms with Crippen LogP contribution in [0, 0.1) is 5.92 Å². The lowest BCUT2D eigenvalue weighted by Gasteiger charge is -2.31. The number of halogens is 3. The van der Waals surface area contributed by atoms with Crippen molar-refractivity contribution in [2.45, 2.75) is 22.8 Å². The van der Waals surface area contributed by atoms with Crippen LogP contribution in [0.1, 0.15) is 21.9 Å². The molecule has 1 aromatic heterocycles. The molecule has 6 nitrogen and oxygen atoms in total. The van der Waals surface area contributed by atoms with Gasteiger partial charge in [-0.3, -0.25) is 14.4 Å². The van der Waals surface area contributed by atoms with E-state index in [0.29, 0.717) is 36.9 Å². The first-order valence-electron chi connectivity index (χ1n) is 11.5. The van der Waals surface area contributed by atoms with Gasteiger partial charge in [0.2, 0.25) is 11.8 Å². The predicted molar refractivity (Wildman–Crippen MR) is 154 cm³/mol. The molecule has 6 rings (SSSR count). The Labute approximate surface area is 244 Å². The predicted octanol–water partition coefficient (Wildman–Crippen LogP) is 6.88. The van der Waals surface area contributed by atoms with E-state index in [9.17, 15) is 14.4 Å². The lowest BCUT2D eigenvalue weighted by atomic mass is 9.82. The standard InChI is InChI=1S/C27H17BrCl2N2O4S2/c28-14-4-9-19(36-12-13-2-1-3-16(30)10-13)18(11-14)20-21-23(37-24-22(20)38-27(35)31-24)26(34)32(25(21)33)17-7-5-15(29)6-8-17/h1-11,20-21,23H,12H2,(H,31,35)/t20-,21?,23?/m1/s1. The summed E-state index contributed by atoms with van der Waals surface area (Å²) in [7, 11) is 0. The monoisotopic (exact) mass is 646 g/mol. The highest BCUT2D eigenvalue weighted by Crippen LogP contribution is 2.54. The quantitative estimate of drug-likeness (QED) is 0.239. The number of imide groups is 1. The summed E-state index contributed by atoms with van der Waals surface area (Å²) in [5, 5.41) is 1.01. The Kier molecular flexibility index (Phi) is 6.90. The number of nitrogens with zero attached hydrogens (tertiary/aromatic N) is 1. The van der Waals surface area contributed by atoms with Gasteiger partial charge >= 0.3 is 4.87 Å². The minimum Gasteiger partial charge on any atom is -0.489 e. The van der Waals surface area contributed by atoms with E-state index in [1.165, 1.54) is 16.7 Å². The Bertz CT molecular complexity index is 1640. The van der Waals surface area contributed by atoms with Crippen LogP contribution in [0.2, 0.25) is 10.0 Å². The summed E-state index contributed by atoms with van der Waals surface area (Å²) in [6.07, 6.45) is 0. The van der Waals surface area contributed by atoms with Gasteiger partial charge < -0.3 is 9.72 Å². The van der Waals surface area contributed by atoms with Gasteiger partial charge in [0.15, 0.2) is 0 Å². The molecule has 3 atom stereocenters. The van der Waals surface area contributed by atoms with Crippen molar-refractivity contribution in [3.05, 3.63) is 107 Å². The molecule has 2 amide bonds. The van der Waals surface area contributed by atoms with E-state index in [0.717, 1.165) is 21.4 Å². The number of hydrogen-bond donors (Lipinski definition) is 1. The minimum atomic E-state index is -0.732. The number of aromatic nitrogens is 1. The number of aromatic amines is 1. The fraction of sp³-hybridized carbons (Fsp3) is 0.148. The number of nitrogens with one attached hydrogen (secondary N) is 1. The number of amides is 2. The normalized spacial score (nSPS) is 20.4. The number of carbonyl (C=O) groups is 2. The second-order valence-corrected chi connectivity index (χ2v) is 12.8. The van der Waals surface area contributed by atoms with E-state index < -0.39 is 17.1 Å². The molecule has 2 aliphatic heterocycles. The average Bonchev–Trinajstić information content (AvgIpc) is 3.38. The van der Waals surface area contributed by atoms with Gasteiger partial charge in [0, 0.05) is 30.9 Å². The van der Waals surface area contributed by atoms with Crippen LogP contribution >= 0.6 is 62.2 Å². The summed E-state index contributed by atoms with van der Waals surface area (Å²) in [6.45, 7) is 0.255. The molecule has 2 aliphatic rings. The first-order chi connectivity index (χ1) is 18.3. The largest absolute Gasteiger partial charge is 0.489 e. The van der Waals surface area contributed by atoms with Crippen LogP contribution in [0.5, 0.6) is 5.75 Å². The third-order valence-electron chi connectivity index (χ3n) is 6.50. The Balaban J connectivity index is 1.45. The third-order valence-corrected chi connectivity index (χ3v) is 9.88. The van der Waals surface area contributed by atoms with Crippen molar-refractivity contribution in [1.29, 1.82) is 0 Å². The number of H-pyrrole nitrogens is 1. The smallest absolute Gasteiger partial charge is 0.305 e. The number of hydrogen-bond acceptors (Lipinski definition) is 6. The Hall–Kier alpha value is -2.56. The van der Waals surface area contributed by atoms with E-state index in [1.807, 2.05) is 36.4 Å². The molecule has 38 heavy (non-hydrogen) atoms. The van der Waals surface area contributed by atoms with Crippen LogP contribution in [0.25, 0.3) is 0 Å². The molecular weight excluding hydrogens is 631 g/mol. The van der Waals surface area contributed by atoms with Crippen molar-refractivity contribution in [3.63, 3.8) is 0 Å². The maximum Gasteiger partial charge on any atom is 0.305 e. The van der Waals surface area contributed by atoms with Gasteiger partial charge in [-0.05, 0) is 60.2 Å². The van der Waals surface area contributed by atoms with Crippen molar-refractivity contribution >= 4 is 79.7 Å². The zero-order chi connectivity index (χ0) is 26.6. The molecule has 0 aliphatic carbocycles. The molecule has 0 spiro atoms. The highest BCUT2D eigenvalue weighted by molar-refractivity contribution is 9.10. The molecule has 0 radical (unpaired) electrons. The second kappa shape index (κ2) is 10.2. The van der Waals surface area contributed by atoms with E-state index in [2.05, 4.69) is 20.9 Å². The van der Waals surface area contributed by atoms with Gasteiger partial charge in [0.1, 0.15) is 17.6 Å². The fourth-order valence-corrected chi connectivity index (χ4v) is 8.10. The van der Waals surface area contributed by atoms with Crippen molar-refractivity contribution in [1.82, 2.24) is 4.98 Å². The molecule has 3 aromatic carbocycles. The molecule has 1 saturated heterocycles. The number of carbonyl (C=O) groups excluding carboxylic acids is 2. The van der Waals surface area contributed by atoms with Crippen LogP contribution < -0.4 is 14.5 Å². The molecule has 11 heteroatoms. The second-order valence-electron chi connectivity index (χ2n) is 8.84. The van der Waals surface area contributed by atoms with Gasteiger partial charge in [-0.15, -0.1) is 0 Å². The molecule has 0 saturated carbocycles. The maximum absolute atomic E-state index is 14.0. The van der Waals surface area contributed by atoms with Crippen LogP contribution in [-0.4, -0.2) is 22.0 Å². The number of anilines is 1. The van der Waals surface area contributed by atoms with Gasteiger partial charge in [0.25, 0.3) is 0 Å². The maximum atomic E-state index is 14.0. The molecular formula is C27H17BrCl2N2O4S2. The average molecular weight is 648 g/mol. The van der Waals surface area contributed by atoms with Gasteiger partial charge in [0.05, 0.1) is 16.6 Å². The number of rotatable bonds is 5. The molecule has 192 valence electrons. The topological polar surface area (TPSA) is 79.5 Å². The first kappa shape index (κ1) is 25.7. The molecule has 4 aromatic rings. The molecule has 2 unspecified atom stereocenters. The number of ether oxygens (including phenoxy) is 1. The number of fused-ring (bicyclic) bond motifs is 2. The van der Waals surface area contributed by atoms with Crippen LogP contribution in [0.15, 0.2) is 81.0 Å².